The van der Waals surface area contributed by atoms with Crippen molar-refractivity contribution in [1.29, 1.82) is 0 Å². The Morgan fingerprint density at radius 3 is 2.77 bits per heavy atom. The van der Waals surface area contributed by atoms with Gasteiger partial charge in [-0.1, -0.05) is 0 Å². The van der Waals surface area contributed by atoms with E-state index in [9.17, 15) is 0 Å². The van der Waals surface area contributed by atoms with E-state index in [1.54, 1.807) is 6.92 Å². The average Bonchev–Trinajstić information content (AvgIpc) is 2.32. The summed E-state index contributed by atoms with van der Waals surface area (Å²) in [5.74, 6) is 1.14. The molecule has 0 aliphatic carbocycles. The van der Waals surface area contributed by atoms with E-state index in [0.717, 1.165) is 13.1 Å². The summed E-state index contributed by atoms with van der Waals surface area (Å²) in [5, 5.41) is 10.6. The SMILES string of the molecule is Cc1nnc(COC2CNC2)o1.Cl. The molecule has 1 aliphatic rings. The first-order valence-corrected chi connectivity index (χ1v) is 3.96. The summed E-state index contributed by atoms with van der Waals surface area (Å²) in [4.78, 5) is 0. The van der Waals surface area contributed by atoms with Gasteiger partial charge in [0.25, 0.3) is 0 Å². The van der Waals surface area contributed by atoms with Gasteiger partial charge in [0.05, 0.1) is 6.10 Å². The van der Waals surface area contributed by atoms with Crippen LogP contribution in [0.25, 0.3) is 0 Å². The van der Waals surface area contributed by atoms with E-state index in [1.807, 2.05) is 0 Å². The van der Waals surface area contributed by atoms with Crippen LogP contribution in [0, 0.1) is 6.92 Å². The monoisotopic (exact) mass is 205 g/mol. The zero-order valence-electron chi connectivity index (χ0n) is 7.32. The highest BCUT2D eigenvalue weighted by atomic mass is 35.5. The van der Waals surface area contributed by atoms with Gasteiger partial charge in [-0.2, -0.15) is 0 Å². The molecule has 6 heteroatoms. The molecule has 0 saturated carbocycles. The van der Waals surface area contributed by atoms with E-state index in [-0.39, 0.29) is 12.4 Å². The van der Waals surface area contributed by atoms with Gasteiger partial charge in [-0.25, -0.2) is 0 Å². The Labute approximate surface area is 82.3 Å². The lowest BCUT2D eigenvalue weighted by Gasteiger charge is -2.26. The molecule has 0 amide bonds. The second-order valence-corrected chi connectivity index (χ2v) is 2.81. The highest BCUT2D eigenvalue weighted by Crippen LogP contribution is 2.04. The maximum Gasteiger partial charge on any atom is 0.242 e. The summed E-state index contributed by atoms with van der Waals surface area (Å²) in [6.45, 7) is 4.04. The third-order valence-corrected chi connectivity index (χ3v) is 1.75. The largest absolute Gasteiger partial charge is 0.423 e. The zero-order valence-corrected chi connectivity index (χ0v) is 8.13. The summed E-state index contributed by atoms with van der Waals surface area (Å²) in [6.07, 6.45) is 0.317. The molecule has 0 unspecified atom stereocenters. The predicted octanol–water partition coefficient (Wildman–Crippen LogP) is 0.288. The number of hydrogen-bond donors (Lipinski definition) is 1. The lowest BCUT2D eigenvalue weighted by Crippen LogP contribution is -2.48. The summed E-state index contributed by atoms with van der Waals surface area (Å²) in [6, 6.07) is 0. The van der Waals surface area contributed by atoms with Crippen molar-refractivity contribution in [3.05, 3.63) is 11.8 Å². The molecule has 1 N–H and O–H groups in total. The summed E-state index contributed by atoms with van der Waals surface area (Å²) >= 11 is 0. The molecular weight excluding hydrogens is 194 g/mol. The van der Waals surface area contributed by atoms with Crippen LogP contribution in [-0.4, -0.2) is 29.4 Å². The highest BCUT2D eigenvalue weighted by Gasteiger charge is 2.17. The third kappa shape index (κ3) is 2.65. The molecule has 0 atom stereocenters. The van der Waals surface area contributed by atoms with Crippen molar-refractivity contribution >= 4 is 12.4 Å². The first-order chi connectivity index (χ1) is 5.84. The number of aryl methyl sites for hydroxylation is 1. The van der Waals surface area contributed by atoms with Gasteiger partial charge in [-0.05, 0) is 0 Å². The lowest BCUT2D eigenvalue weighted by molar-refractivity contribution is -0.00236. The third-order valence-electron chi connectivity index (χ3n) is 1.75. The van der Waals surface area contributed by atoms with Crippen LogP contribution in [0.5, 0.6) is 0 Å². The molecule has 1 saturated heterocycles. The number of ether oxygens (including phenoxy) is 1. The first kappa shape index (κ1) is 10.4. The molecule has 13 heavy (non-hydrogen) atoms. The fraction of sp³-hybridized carbons (Fsp3) is 0.714. The van der Waals surface area contributed by atoms with Crippen molar-refractivity contribution in [2.24, 2.45) is 0 Å². The second-order valence-electron chi connectivity index (χ2n) is 2.81. The van der Waals surface area contributed by atoms with Crippen LogP contribution in [0.15, 0.2) is 4.42 Å². The molecule has 74 valence electrons. The van der Waals surface area contributed by atoms with Crippen LogP contribution in [0.1, 0.15) is 11.8 Å². The average molecular weight is 206 g/mol. The van der Waals surface area contributed by atoms with Gasteiger partial charge in [0.1, 0.15) is 6.61 Å². The minimum Gasteiger partial charge on any atom is -0.423 e. The van der Waals surface area contributed by atoms with Crippen molar-refractivity contribution < 1.29 is 9.15 Å². The van der Waals surface area contributed by atoms with Gasteiger partial charge in [0.2, 0.25) is 11.8 Å². The van der Waals surface area contributed by atoms with Crippen molar-refractivity contribution in [2.45, 2.75) is 19.6 Å². The molecule has 2 heterocycles. The van der Waals surface area contributed by atoms with Crippen molar-refractivity contribution in [1.82, 2.24) is 15.5 Å². The minimum atomic E-state index is 0. The molecule has 2 rings (SSSR count). The summed E-state index contributed by atoms with van der Waals surface area (Å²) < 4.78 is 10.6. The normalized spacial score (nSPS) is 16.4. The van der Waals surface area contributed by atoms with Gasteiger partial charge >= 0.3 is 0 Å². The minimum absolute atomic E-state index is 0. The number of halogens is 1. The first-order valence-electron chi connectivity index (χ1n) is 3.96. The van der Waals surface area contributed by atoms with Crippen LogP contribution in [0.2, 0.25) is 0 Å². The topological polar surface area (TPSA) is 60.2 Å². The zero-order chi connectivity index (χ0) is 8.39. The van der Waals surface area contributed by atoms with Gasteiger partial charge in [-0.3, -0.25) is 0 Å². The predicted molar refractivity (Wildman–Crippen MR) is 47.7 cm³/mol. The van der Waals surface area contributed by atoms with Crippen molar-refractivity contribution in [2.75, 3.05) is 13.1 Å². The Hall–Kier alpha value is -0.650. The number of rotatable bonds is 3. The Morgan fingerprint density at radius 2 is 2.31 bits per heavy atom. The van der Waals surface area contributed by atoms with Gasteiger partial charge < -0.3 is 14.5 Å². The Bertz CT molecular complexity index is 262. The standard InChI is InChI=1S/C7H11N3O2.ClH/c1-5-9-10-7(12-5)4-11-6-2-8-3-6;/h6,8H,2-4H2,1H3;1H. The van der Waals surface area contributed by atoms with Crippen LogP contribution in [-0.2, 0) is 11.3 Å². The second kappa shape index (κ2) is 4.55. The molecule has 5 nitrogen and oxygen atoms in total. The molecule has 0 spiro atoms. The number of aromatic nitrogens is 2. The molecule has 0 radical (unpaired) electrons. The maximum atomic E-state index is 5.42. The van der Waals surface area contributed by atoms with Crippen molar-refractivity contribution in [3.8, 4) is 0 Å². The van der Waals surface area contributed by atoms with E-state index in [1.165, 1.54) is 0 Å². The van der Waals surface area contributed by atoms with Crippen LogP contribution < -0.4 is 5.32 Å². The smallest absolute Gasteiger partial charge is 0.242 e. The van der Waals surface area contributed by atoms with E-state index < -0.39 is 0 Å². The van der Waals surface area contributed by atoms with E-state index in [2.05, 4.69) is 15.5 Å². The van der Waals surface area contributed by atoms with Gasteiger partial charge in [-0.15, -0.1) is 22.6 Å². The van der Waals surface area contributed by atoms with E-state index in [4.69, 9.17) is 9.15 Å². The molecule has 1 aliphatic heterocycles. The van der Waals surface area contributed by atoms with Crippen LogP contribution in [0.4, 0.5) is 0 Å². The number of nitrogens with one attached hydrogen (secondary N) is 1. The van der Waals surface area contributed by atoms with Gasteiger partial charge in [0, 0.05) is 20.0 Å². The lowest BCUT2D eigenvalue weighted by atomic mass is 10.2. The molecule has 1 fully saturated rings. The Balaban J connectivity index is 0.000000845. The van der Waals surface area contributed by atoms with Gasteiger partial charge in [0.15, 0.2) is 0 Å². The Kier molecular flexibility index (Phi) is 3.65. The Morgan fingerprint density at radius 1 is 1.54 bits per heavy atom. The molecular formula is C7H12ClN3O2. The molecule has 1 aromatic rings. The molecule has 0 aromatic carbocycles. The quantitative estimate of drug-likeness (QED) is 0.769. The fourth-order valence-corrected chi connectivity index (χ4v) is 0.965. The molecule has 1 aromatic heterocycles. The summed E-state index contributed by atoms with van der Waals surface area (Å²) in [5.41, 5.74) is 0. The van der Waals surface area contributed by atoms with E-state index >= 15 is 0 Å². The summed E-state index contributed by atoms with van der Waals surface area (Å²) in [7, 11) is 0. The van der Waals surface area contributed by atoms with Crippen LogP contribution in [0.3, 0.4) is 0 Å². The fourth-order valence-electron chi connectivity index (χ4n) is 0.965. The highest BCUT2D eigenvalue weighted by molar-refractivity contribution is 5.85. The van der Waals surface area contributed by atoms with Crippen molar-refractivity contribution in [3.63, 3.8) is 0 Å². The van der Waals surface area contributed by atoms with E-state index in [0.29, 0.717) is 24.5 Å². The number of nitrogens with zero attached hydrogens (tertiary/aromatic N) is 2. The molecule has 0 bridgehead atoms. The maximum absolute atomic E-state index is 5.42. The number of hydrogen-bond acceptors (Lipinski definition) is 5. The van der Waals surface area contributed by atoms with Crippen LogP contribution >= 0.6 is 12.4 Å².